The number of rotatable bonds is 5. The molecule has 0 radical (unpaired) electrons. The summed E-state index contributed by atoms with van der Waals surface area (Å²) >= 11 is 0. The Morgan fingerprint density at radius 3 is 2.71 bits per heavy atom. The van der Waals surface area contributed by atoms with Crippen LogP contribution in [0.4, 0.5) is 0 Å². The van der Waals surface area contributed by atoms with Gasteiger partial charge in [0.15, 0.2) is 0 Å². The number of benzene rings is 1. The summed E-state index contributed by atoms with van der Waals surface area (Å²) in [6.45, 7) is 0. The van der Waals surface area contributed by atoms with E-state index in [1.54, 1.807) is 6.07 Å². The molecule has 1 atom stereocenters. The van der Waals surface area contributed by atoms with Crippen LogP contribution in [0.3, 0.4) is 0 Å². The zero-order chi connectivity index (χ0) is 14.8. The van der Waals surface area contributed by atoms with Crippen molar-refractivity contribution in [2.75, 3.05) is 0 Å². The number of hydrogen-bond donors (Lipinski definition) is 2. The number of fused-ring (bicyclic) bond motifs is 1. The Hall–Kier alpha value is -2.43. The first kappa shape index (κ1) is 13.5. The van der Waals surface area contributed by atoms with Crippen molar-refractivity contribution < 1.29 is 14.7 Å². The van der Waals surface area contributed by atoms with Gasteiger partial charge in [-0.15, -0.1) is 0 Å². The number of aliphatic carboxylic acids is 1. The molecule has 0 unspecified atom stereocenters. The maximum atomic E-state index is 12.2. The lowest BCUT2D eigenvalue weighted by molar-refractivity contribution is -0.139. The highest BCUT2D eigenvalue weighted by molar-refractivity contribution is 5.96. The van der Waals surface area contributed by atoms with Crippen molar-refractivity contribution in [1.82, 2.24) is 10.3 Å². The molecule has 5 heteroatoms. The lowest BCUT2D eigenvalue weighted by Gasteiger charge is -2.13. The average molecular weight is 284 g/mol. The number of nitrogens with one attached hydrogen (secondary N) is 1. The molecular weight excluding hydrogens is 268 g/mol. The van der Waals surface area contributed by atoms with E-state index in [1.807, 2.05) is 30.3 Å². The summed E-state index contributed by atoms with van der Waals surface area (Å²) in [5.41, 5.74) is 0.968. The average Bonchev–Trinajstić information content (AvgIpc) is 3.30. The second kappa shape index (κ2) is 5.52. The number of carboxylic acids is 1. The van der Waals surface area contributed by atoms with E-state index in [9.17, 15) is 14.7 Å². The van der Waals surface area contributed by atoms with Gasteiger partial charge in [0.25, 0.3) is 5.91 Å². The minimum absolute atomic E-state index is 0.246. The molecule has 3 rings (SSSR count). The third-order valence-corrected chi connectivity index (χ3v) is 3.70. The summed E-state index contributed by atoms with van der Waals surface area (Å²) in [7, 11) is 0. The lowest BCUT2D eigenvalue weighted by Crippen LogP contribution is -2.41. The van der Waals surface area contributed by atoms with Gasteiger partial charge in [-0.25, -0.2) is 9.78 Å². The standard InChI is InChI=1S/C16H16N2O3/c19-15(18-14(16(20)21)9-10-5-6-10)13-8-7-11-3-1-2-4-12(11)17-13/h1-4,7-8,10,14H,5-6,9H2,(H,18,19)(H,20,21)/t14-/m0/s1. The van der Waals surface area contributed by atoms with Crippen LogP contribution in [0.25, 0.3) is 10.9 Å². The van der Waals surface area contributed by atoms with Crippen molar-refractivity contribution in [2.45, 2.75) is 25.3 Å². The van der Waals surface area contributed by atoms with Gasteiger partial charge in [-0.05, 0) is 24.5 Å². The van der Waals surface area contributed by atoms with Crippen LogP contribution in [0, 0.1) is 5.92 Å². The van der Waals surface area contributed by atoms with Crippen LogP contribution in [0.1, 0.15) is 29.8 Å². The number of nitrogens with zero attached hydrogens (tertiary/aromatic N) is 1. The first-order valence-corrected chi connectivity index (χ1v) is 7.03. The van der Waals surface area contributed by atoms with Crippen molar-refractivity contribution in [3.63, 3.8) is 0 Å². The molecule has 1 aliphatic carbocycles. The Kier molecular flexibility index (Phi) is 3.56. The Labute approximate surface area is 122 Å². The van der Waals surface area contributed by atoms with Crippen molar-refractivity contribution in [3.05, 3.63) is 42.1 Å². The van der Waals surface area contributed by atoms with Crippen LogP contribution in [-0.4, -0.2) is 28.0 Å². The van der Waals surface area contributed by atoms with E-state index in [-0.39, 0.29) is 5.69 Å². The highest BCUT2D eigenvalue weighted by atomic mass is 16.4. The number of amides is 1. The third-order valence-electron chi connectivity index (χ3n) is 3.70. The van der Waals surface area contributed by atoms with Gasteiger partial charge in [-0.3, -0.25) is 4.79 Å². The first-order valence-electron chi connectivity index (χ1n) is 7.03. The van der Waals surface area contributed by atoms with Crippen LogP contribution >= 0.6 is 0 Å². The molecule has 0 spiro atoms. The van der Waals surface area contributed by atoms with Crippen LogP contribution in [0.2, 0.25) is 0 Å². The van der Waals surface area contributed by atoms with Crippen LogP contribution < -0.4 is 5.32 Å². The quantitative estimate of drug-likeness (QED) is 0.882. The second-order valence-electron chi connectivity index (χ2n) is 5.43. The van der Waals surface area contributed by atoms with Gasteiger partial charge in [0, 0.05) is 5.39 Å². The summed E-state index contributed by atoms with van der Waals surface area (Å²) in [5, 5.41) is 12.7. The van der Waals surface area contributed by atoms with Gasteiger partial charge in [0.2, 0.25) is 0 Å². The summed E-state index contributed by atoms with van der Waals surface area (Å²) in [6, 6.07) is 10.1. The number of para-hydroxylation sites is 1. The van der Waals surface area contributed by atoms with E-state index in [1.165, 1.54) is 0 Å². The highest BCUT2D eigenvalue weighted by Gasteiger charge is 2.30. The van der Waals surface area contributed by atoms with E-state index in [2.05, 4.69) is 10.3 Å². The third kappa shape index (κ3) is 3.18. The summed E-state index contributed by atoms with van der Waals surface area (Å²) < 4.78 is 0. The zero-order valence-electron chi connectivity index (χ0n) is 11.5. The smallest absolute Gasteiger partial charge is 0.326 e. The number of pyridine rings is 1. The van der Waals surface area contributed by atoms with Crippen molar-refractivity contribution >= 4 is 22.8 Å². The van der Waals surface area contributed by atoms with Gasteiger partial charge in [-0.2, -0.15) is 0 Å². The molecule has 108 valence electrons. The number of carbonyl (C=O) groups excluding carboxylic acids is 1. The number of aromatic nitrogens is 1. The zero-order valence-corrected chi connectivity index (χ0v) is 11.5. The van der Waals surface area contributed by atoms with Gasteiger partial charge in [0.05, 0.1) is 5.52 Å². The number of carbonyl (C=O) groups is 2. The highest BCUT2D eigenvalue weighted by Crippen LogP contribution is 2.33. The lowest BCUT2D eigenvalue weighted by atomic mass is 10.1. The molecule has 5 nitrogen and oxygen atoms in total. The molecule has 2 N–H and O–H groups in total. The van der Waals surface area contributed by atoms with Crippen molar-refractivity contribution in [3.8, 4) is 0 Å². The monoisotopic (exact) mass is 284 g/mol. The molecule has 1 heterocycles. The number of hydrogen-bond acceptors (Lipinski definition) is 3. The summed E-state index contributed by atoms with van der Waals surface area (Å²) in [6.07, 6.45) is 2.59. The van der Waals surface area contributed by atoms with Gasteiger partial charge in [-0.1, -0.05) is 37.1 Å². The fourth-order valence-corrected chi connectivity index (χ4v) is 2.33. The molecule has 0 bridgehead atoms. The second-order valence-corrected chi connectivity index (χ2v) is 5.43. The molecule has 2 aromatic rings. The van der Waals surface area contributed by atoms with E-state index >= 15 is 0 Å². The first-order chi connectivity index (χ1) is 10.1. The van der Waals surface area contributed by atoms with Crippen molar-refractivity contribution in [1.29, 1.82) is 0 Å². The van der Waals surface area contributed by atoms with Crippen molar-refractivity contribution in [2.24, 2.45) is 5.92 Å². The Morgan fingerprint density at radius 1 is 1.24 bits per heavy atom. The predicted molar refractivity (Wildman–Crippen MR) is 78.0 cm³/mol. The molecule has 21 heavy (non-hydrogen) atoms. The molecule has 1 aliphatic rings. The fraction of sp³-hybridized carbons (Fsp3) is 0.312. The van der Waals surface area contributed by atoms with Crippen LogP contribution in [-0.2, 0) is 4.79 Å². The Balaban J connectivity index is 1.77. The molecule has 1 saturated carbocycles. The maximum absolute atomic E-state index is 12.2. The fourth-order valence-electron chi connectivity index (χ4n) is 2.33. The largest absolute Gasteiger partial charge is 0.480 e. The minimum Gasteiger partial charge on any atom is -0.480 e. The summed E-state index contributed by atoms with van der Waals surface area (Å²) in [4.78, 5) is 27.7. The van der Waals surface area contributed by atoms with E-state index in [0.29, 0.717) is 12.3 Å². The van der Waals surface area contributed by atoms with E-state index in [4.69, 9.17) is 0 Å². The Bertz CT molecular complexity index is 695. The maximum Gasteiger partial charge on any atom is 0.326 e. The molecule has 1 aromatic carbocycles. The number of carboxylic acid groups (broad SMARTS) is 1. The Morgan fingerprint density at radius 2 is 2.00 bits per heavy atom. The molecule has 1 fully saturated rings. The van der Waals surface area contributed by atoms with Gasteiger partial charge >= 0.3 is 5.97 Å². The predicted octanol–water partition coefficient (Wildman–Crippen LogP) is 2.22. The topological polar surface area (TPSA) is 79.3 Å². The van der Waals surface area contributed by atoms with E-state index in [0.717, 1.165) is 23.7 Å². The molecule has 0 aliphatic heterocycles. The minimum atomic E-state index is -0.990. The van der Waals surface area contributed by atoms with Gasteiger partial charge < -0.3 is 10.4 Å². The van der Waals surface area contributed by atoms with Crippen LogP contribution in [0.5, 0.6) is 0 Å². The normalized spacial score (nSPS) is 15.6. The molecular formula is C16H16N2O3. The van der Waals surface area contributed by atoms with Gasteiger partial charge in [0.1, 0.15) is 11.7 Å². The molecule has 1 amide bonds. The van der Waals surface area contributed by atoms with E-state index < -0.39 is 17.9 Å². The molecule has 1 aromatic heterocycles. The SMILES string of the molecule is O=C(N[C@@H](CC1CC1)C(=O)O)c1ccc2ccccc2n1. The summed E-state index contributed by atoms with van der Waals surface area (Å²) in [5.74, 6) is -0.999. The van der Waals surface area contributed by atoms with Crippen LogP contribution in [0.15, 0.2) is 36.4 Å². The molecule has 0 saturated heterocycles.